The fourth-order valence-electron chi connectivity index (χ4n) is 2.81. The van der Waals surface area contributed by atoms with E-state index >= 15 is 0 Å². The number of hydrogen-bond acceptors (Lipinski definition) is 3. The normalized spacial score (nSPS) is 10.6. The highest BCUT2D eigenvalue weighted by molar-refractivity contribution is 14.0. The van der Waals surface area contributed by atoms with Crippen LogP contribution in [0.4, 0.5) is 5.69 Å². The first-order valence-corrected chi connectivity index (χ1v) is 9.50. The molecule has 162 valence electrons. The molecule has 0 unspecified atom stereocenters. The van der Waals surface area contributed by atoms with Gasteiger partial charge in [0, 0.05) is 52.4 Å². The zero-order chi connectivity index (χ0) is 21.2. The predicted octanol–water partition coefficient (Wildman–Crippen LogP) is 2.87. The topological polar surface area (TPSA) is 85.8 Å². The Labute approximate surface area is 195 Å². The Morgan fingerprint density at radius 2 is 1.70 bits per heavy atom. The standard InChI is InChI=1S/C22H29N5O2.HI/c1-16(28)26-20-10-6-8-18(14-20)15-25-22(23-2)24-12-11-17-7-5-9-19(13-17)21(29)27(3)4;/h5-10,13-14H,11-12,15H2,1-4H3,(H,26,28)(H2,23,24,25);1H. The summed E-state index contributed by atoms with van der Waals surface area (Å²) < 4.78 is 0. The average Bonchev–Trinajstić information content (AvgIpc) is 2.70. The smallest absolute Gasteiger partial charge is 0.253 e. The summed E-state index contributed by atoms with van der Waals surface area (Å²) in [6.07, 6.45) is 0.771. The number of hydrogen-bond donors (Lipinski definition) is 3. The van der Waals surface area contributed by atoms with Crippen LogP contribution in [-0.4, -0.2) is 50.4 Å². The van der Waals surface area contributed by atoms with Gasteiger partial charge < -0.3 is 20.9 Å². The minimum Gasteiger partial charge on any atom is -0.356 e. The maximum absolute atomic E-state index is 12.1. The third-order valence-electron chi connectivity index (χ3n) is 4.22. The minimum atomic E-state index is -0.0936. The fraction of sp³-hybridized carbons (Fsp3) is 0.318. The molecular weight excluding hydrogens is 493 g/mol. The first kappa shape index (κ1) is 25.4. The van der Waals surface area contributed by atoms with Crippen LogP contribution in [0, 0.1) is 0 Å². The summed E-state index contributed by atoms with van der Waals surface area (Å²) in [5.41, 5.74) is 3.58. The van der Waals surface area contributed by atoms with Gasteiger partial charge in [0.2, 0.25) is 5.91 Å². The van der Waals surface area contributed by atoms with E-state index in [-0.39, 0.29) is 35.8 Å². The molecule has 0 atom stereocenters. The van der Waals surface area contributed by atoms with Crippen molar-refractivity contribution >= 4 is 47.4 Å². The monoisotopic (exact) mass is 523 g/mol. The number of nitrogens with zero attached hydrogens (tertiary/aromatic N) is 2. The molecule has 2 aromatic rings. The first-order chi connectivity index (χ1) is 13.9. The van der Waals surface area contributed by atoms with Crippen LogP contribution in [0.3, 0.4) is 0 Å². The van der Waals surface area contributed by atoms with Gasteiger partial charge in [0.15, 0.2) is 5.96 Å². The van der Waals surface area contributed by atoms with Crippen LogP contribution < -0.4 is 16.0 Å². The molecule has 2 amide bonds. The van der Waals surface area contributed by atoms with Crippen molar-refractivity contribution in [2.45, 2.75) is 19.9 Å². The highest BCUT2D eigenvalue weighted by Gasteiger charge is 2.08. The van der Waals surface area contributed by atoms with E-state index in [0.29, 0.717) is 24.6 Å². The number of aliphatic imine (C=N–C) groups is 1. The van der Waals surface area contributed by atoms with Crippen LogP contribution in [0.2, 0.25) is 0 Å². The Kier molecular flexibility index (Phi) is 10.9. The highest BCUT2D eigenvalue weighted by Crippen LogP contribution is 2.10. The second kappa shape index (κ2) is 12.8. The van der Waals surface area contributed by atoms with Gasteiger partial charge in [-0.3, -0.25) is 14.6 Å². The Bertz CT molecular complexity index is 883. The Hall–Kier alpha value is -2.62. The molecule has 8 heteroatoms. The molecule has 2 aromatic carbocycles. The lowest BCUT2D eigenvalue weighted by Crippen LogP contribution is -2.37. The van der Waals surface area contributed by atoms with Crippen molar-refractivity contribution in [1.82, 2.24) is 15.5 Å². The summed E-state index contributed by atoms with van der Waals surface area (Å²) in [5, 5.41) is 9.32. The molecular formula is C22H30IN5O2. The predicted molar refractivity (Wildman–Crippen MR) is 133 cm³/mol. The Morgan fingerprint density at radius 1 is 1.00 bits per heavy atom. The van der Waals surface area contributed by atoms with Crippen molar-refractivity contribution in [2.24, 2.45) is 4.99 Å². The molecule has 0 fully saturated rings. The third kappa shape index (κ3) is 8.40. The van der Waals surface area contributed by atoms with Gasteiger partial charge in [0.25, 0.3) is 5.91 Å². The molecule has 0 aliphatic heterocycles. The number of carbonyl (C=O) groups is 2. The van der Waals surface area contributed by atoms with Crippen molar-refractivity contribution in [3.05, 3.63) is 65.2 Å². The Morgan fingerprint density at radius 3 is 2.37 bits per heavy atom. The van der Waals surface area contributed by atoms with Crippen LogP contribution in [0.25, 0.3) is 0 Å². The molecule has 0 saturated heterocycles. The lowest BCUT2D eigenvalue weighted by molar-refractivity contribution is -0.114. The molecule has 0 aromatic heterocycles. The van der Waals surface area contributed by atoms with Gasteiger partial charge in [0.05, 0.1) is 0 Å². The van der Waals surface area contributed by atoms with Gasteiger partial charge in [-0.2, -0.15) is 0 Å². The molecule has 2 rings (SSSR count). The average molecular weight is 523 g/mol. The van der Waals surface area contributed by atoms with Crippen LogP contribution in [-0.2, 0) is 17.8 Å². The number of amides is 2. The van der Waals surface area contributed by atoms with Crippen LogP contribution in [0.5, 0.6) is 0 Å². The maximum atomic E-state index is 12.1. The lowest BCUT2D eigenvalue weighted by Gasteiger charge is -2.13. The van der Waals surface area contributed by atoms with E-state index in [9.17, 15) is 9.59 Å². The Balaban J connectivity index is 0.00000450. The second-order valence-electron chi connectivity index (χ2n) is 6.88. The third-order valence-corrected chi connectivity index (χ3v) is 4.22. The van der Waals surface area contributed by atoms with Gasteiger partial charge in [-0.1, -0.05) is 24.3 Å². The van der Waals surface area contributed by atoms with Crippen molar-refractivity contribution in [3.63, 3.8) is 0 Å². The summed E-state index contributed by atoms with van der Waals surface area (Å²) in [5.74, 6) is 0.596. The summed E-state index contributed by atoms with van der Waals surface area (Å²) in [6.45, 7) is 2.76. The van der Waals surface area contributed by atoms with Crippen molar-refractivity contribution < 1.29 is 9.59 Å². The van der Waals surface area contributed by atoms with E-state index in [2.05, 4.69) is 20.9 Å². The quantitative estimate of drug-likeness (QED) is 0.296. The molecule has 7 nitrogen and oxygen atoms in total. The molecule has 30 heavy (non-hydrogen) atoms. The number of benzene rings is 2. The second-order valence-corrected chi connectivity index (χ2v) is 6.88. The molecule has 0 spiro atoms. The van der Waals surface area contributed by atoms with Gasteiger partial charge >= 0.3 is 0 Å². The van der Waals surface area contributed by atoms with Crippen molar-refractivity contribution in [1.29, 1.82) is 0 Å². The number of halogens is 1. The zero-order valence-corrected chi connectivity index (χ0v) is 20.2. The number of nitrogens with one attached hydrogen (secondary N) is 3. The summed E-state index contributed by atoms with van der Waals surface area (Å²) in [7, 11) is 5.22. The largest absolute Gasteiger partial charge is 0.356 e. The summed E-state index contributed by atoms with van der Waals surface area (Å²) >= 11 is 0. The summed E-state index contributed by atoms with van der Waals surface area (Å²) in [6, 6.07) is 15.3. The van der Waals surface area contributed by atoms with Crippen LogP contribution in [0.1, 0.15) is 28.4 Å². The van der Waals surface area contributed by atoms with E-state index in [1.807, 2.05) is 48.5 Å². The molecule has 0 aliphatic carbocycles. The number of carbonyl (C=O) groups excluding carboxylic acids is 2. The van der Waals surface area contributed by atoms with E-state index < -0.39 is 0 Å². The van der Waals surface area contributed by atoms with Crippen LogP contribution >= 0.6 is 24.0 Å². The maximum Gasteiger partial charge on any atom is 0.253 e. The molecule has 3 N–H and O–H groups in total. The molecule has 0 heterocycles. The SMILES string of the molecule is CN=C(NCCc1cccc(C(=O)N(C)C)c1)NCc1cccc(NC(C)=O)c1.I. The molecule has 0 saturated carbocycles. The zero-order valence-electron chi connectivity index (χ0n) is 17.9. The minimum absolute atomic E-state index is 0. The van der Waals surface area contributed by atoms with Gasteiger partial charge in [-0.25, -0.2) is 0 Å². The van der Waals surface area contributed by atoms with Crippen LogP contribution in [0.15, 0.2) is 53.5 Å². The highest BCUT2D eigenvalue weighted by atomic mass is 127. The molecule has 0 aliphatic rings. The lowest BCUT2D eigenvalue weighted by atomic mass is 10.1. The van der Waals surface area contributed by atoms with Crippen molar-refractivity contribution in [2.75, 3.05) is 33.0 Å². The van der Waals surface area contributed by atoms with E-state index in [0.717, 1.165) is 23.2 Å². The van der Waals surface area contributed by atoms with Gasteiger partial charge in [0.1, 0.15) is 0 Å². The van der Waals surface area contributed by atoms with Gasteiger partial charge in [-0.05, 0) is 41.8 Å². The fourth-order valence-corrected chi connectivity index (χ4v) is 2.81. The molecule has 0 bridgehead atoms. The van der Waals surface area contributed by atoms with E-state index in [1.54, 1.807) is 26.0 Å². The van der Waals surface area contributed by atoms with Gasteiger partial charge in [-0.15, -0.1) is 24.0 Å². The number of guanidine groups is 1. The molecule has 0 radical (unpaired) electrons. The van der Waals surface area contributed by atoms with E-state index in [4.69, 9.17) is 0 Å². The summed E-state index contributed by atoms with van der Waals surface area (Å²) in [4.78, 5) is 29.1. The van der Waals surface area contributed by atoms with Crippen molar-refractivity contribution in [3.8, 4) is 0 Å². The first-order valence-electron chi connectivity index (χ1n) is 9.50. The number of anilines is 1. The van der Waals surface area contributed by atoms with E-state index in [1.165, 1.54) is 6.92 Å². The number of rotatable bonds is 7.